The minimum absolute atomic E-state index is 0.0833. The van der Waals surface area contributed by atoms with Crippen molar-refractivity contribution in [1.82, 2.24) is 15.6 Å². The molecule has 1 heterocycles. The van der Waals surface area contributed by atoms with E-state index in [1.807, 2.05) is 14.1 Å². The van der Waals surface area contributed by atoms with Gasteiger partial charge in [-0.1, -0.05) is 24.5 Å². The first-order valence-corrected chi connectivity index (χ1v) is 13.8. The van der Waals surface area contributed by atoms with E-state index in [2.05, 4.69) is 47.7 Å². The van der Waals surface area contributed by atoms with Gasteiger partial charge in [0.15, 0.2) is 0 Å². The molecule has 0 amide bonds. The number of H-pyrrole nitrogens is 1. The molecular formula is C28H43FN3OP. The third kappa shape index (κ3) is 9.11. The van der Waals surface area contributed by atoms with Crippen LogP contribution < -0.4 is 10.6 Å². The van der Waals surface area contributed by atoms with E-state index in [4.69, 9.17) is 4.89 Å². The summed E-state index contributed by atoms with van der Waals surface area (Å²) in [5, 5.41) is 7.57. The highest BCUT2D eigenvalue weighted by molar-refractivity contribution is 7.29. The summed E-state index contributed by atoms with van der Waals surface area (Å²) in [6.45, 7) is 7.14. The van der Waals surface area contributed by atoms with Crippen molar-refractivity contribution in [3.8, 4) is 11.3 Å². The fraction of sp³-hybridized carbons (Fsp3) is 0.500. The fourth-order valence-corrected chi connectivity index (χ4v) is 4.08. The number of aromatic amines is 1. The molecule has 34 heavy (non-hydrogen) atoms. The quantitative estimate of drug-likeness (QED) is 0.315. The summed E-state index contributed by atoms with van der Waals surface area (Å²) in [7, 11) is 4.14. The van der Waals surface area contributed by atoms with E-state index < -0.39 is 0 Å². The number of hydrogen-bond acceptors (Lipinski definition) is 3. The number of aromatic nitrogens is 1. The Morgan fingerprint density at radius 1 is 1.00 bits per heavy atom. The Morgan fingerprint density at radius 3 is 2.03 bits per heavy atom. The molecule has 0 aliphatic heterocycles. The lowest BCUT2D eigenvalue weighted by Gasteiger charge is -2.24. The first-order chi connectivity index (χ1) is 16.4. The summed E-state index contributed by atoms with van der Waals surface area (Å²) >= 11 is 0. The van der Waals surface area contributed by atoms with Crippen LogP contribution >= 0.6 is 8.81 Å². The Morgan fingerprint density at radius 2 is 1.62 bits per heavy atom. The standard InChI is InChI=1S/C16H14FN.C6H13N.C5H11N.CH5OP/c1-10-7-11(2)16-13(8-10)9-15(18-16)12-3-5-14(17)6-4-12;1-7-5-6-3-2-4-6;1-6-5-3-2-4-5;1-3-2/h3-9,18H,1-2H3;6-7H,2-5H2,1H3;5-6H,2-4H2,1H3;2-3H,1H3. The number of halogens is 1. The fourth-order valence-electron chi connectivity index (χ4n) is 4.08. The third-order valence-electron chi connectivity index (χ3n) is 6.46. The molecular weight excluding hydrogens is 444 g/mol. The number of aryl methyl sites for hydroxylation is 2. The summed E-state index contributed by atoms with van der Waals surface area (Å²) in [5.41, 5.74) is 5.67. The molecule has 3 aromatic rings. The number of benzene rings is 2. The van der Waals surface area contributed by atoms with Crippen molar-refractivity contribution in [1.29, 1.82) is 0 Å². The van der Waals surface area contributed by atoms with Gasteiger partial charge in [0, 0.05) is 31.4 Å². The number of nitrogens with one attached hydrogen (secondary N) is 3. The Kier molecular flexibility index (Phi) is 12.8. The van der Waals surface area contributed by atoms with Crippen LogP contribution in [-0.4, -0.2) is 43.2 Å². The van der Waals surface area contributed by atoms with E-state index in [1.54, 1.807) is 18.8 Å². The number of hydrogen-bond donors (Lipinski definition) is 4. The van der Waals surface area contributed by atoms with Crippen LogP contribution in [0.1, 0.15) is 49.7 Å². The van der Waals surface area contributed by atoms with Crippen molar-refractivity contribution in [2.75, 3.05) is 27.3 Å². The predicted octanol–water partition coefficient (Wildman–Crippen LogP) is 6.56. The predicted molar refractivity (Wildman–Crippen MR) is 148 cm³/mol. The van der Waals surface area contributed by atoms with Gasteiger partial charge in [-0.05, 0) is 120 Å². The lowest BCUT2D eigenvalue weighted by molar-refractivity contribution is 0.309. The van der Waals surface area contributed by atoms with E-state index in [9.17, 15) is 4.39 Å². The van der Waals surface area contributed by atoms with Crippen LogP contribution in [0.4, 0.5) is 4.39 Å². The van der Waals surface area contributed by atoms with Crippen LogP contribution in [0.15, 0.2) is 42.5 Å². The van der Waals surface area contributed by atoms with Gasteiger partial charge in [0.1, 0.15) is 5.82 Å². The van der Waals surface area contributed by atoms with Gasteiger partial charge in [0.05, 0.1) is 0 Å². The van der Waals surface area contributed by atoms with Crippen LogP contribution in [0, 0.1) is 25.6 Å². The highest BCUT2D eigenvalue weighted by atomic mass is 31.1. The van der Waals surface area contributed by atoms with E-state index >= 15 is 0 Å². The van der Waals surface area contributed by atoms with E-state index in [0.29, 0.717) is 0 Å². The normalized spacial score (nSPS) is 15.4. The Balaban J connectivity index is 0.000000209. The molecule has 2 saturated carbocycles. The smallest absolute Gasteiger partial charge is 0.123 e. The monoisotopic (exact) mass is 487 g/mol. The van der Waals surface area contributed by atoms with Gasteiger partial charge in [-0.25, -0.2) is 4.39 Å². The van der Waals surface area contributed by atoms with E-state index in [0.717, 1.165) is 28.7 Å². The molecule has 2 fully saturated rings. The molecule has 188 valence electrons. The molecule has 1 unspecified atom stereocenters. The highest BCUT2D eigenvalue weighted by Crippen LogP contribution is 2.27. The van der Waals surface area contributed by atoms with Gasteiger partial charge < -0.3 is 20.5 Å². The Bertz CT molecular complexity index is 963. The van der Waals surface area contributed by atoms with E-state index in [1.165, 1.54) is 73.7 Å². The van der Waals surface area contributed by atoms with Gasteiger partial charge in [0.2, 0.25) is 0 Å². The molecule has 6 heteroatoms. The third-order valence-corrected chi connectivity index (χ3v) is 6.46. The maximum Gasteiger partial charge on any atom is 0.123 e. The summed E-state index contributed by atoms with van der Waals surface area (Å²) in [6.07, 6.45) is 8.62. The van der Waals surface area contributed by atoms with Crippen molar-refractivity contribution in [3.63, 3.8) is 0 Å². The van der Waals surface area contributed by atoms with Crippen LogP contribution in [0.25, 0.3) is 22.2 Å². The Hall–Kier alpha value is -1.78. The van der Waals surface area contributed by atoms with E-state index in [-0.39, 0.29) is 14.6 Å². The first kappa shape index (κ1) is 28.5. The first-order valence-electron chi connectivity index (χ1n) is 12.4. The zero-order valence-electron chi connectivity index (χ0n) is 21.5. The van der Waals surface area contributed by atoms with Gasteiger partial charge >= 0.3 is 0 Å². The van der Waals surface area contributed by atoms with Gasteiger partial charge in [0.25, 0.3) is 0 Å². The molecule has 5 rings (SSSR count). The zero-order valence-corrected chi connectivity index (χ0v) is 22.5. The van der Waals surface area contributed by atoms with Crippen LogP contribution in [0.2, 0.25) is 0 Å². The maximum atomic E-state index is 12.9. The minimum atomic E-state index is -0.207. The second kappa shape index (κ2) is 15.3. The minimum Gasteiger partial charge on any atom is -0.377 e. The van der Waals surface area contributed by atoms with Crippen molar-refractivity contribution in [3.05, 3.63) is 59.4 Å². The molecule has 0 radical (unpaired) electrons. The van der Waals surface area contributed by atoms with Gasteiger partial charge in [-0.2, -0.15) is 0 Å². The summed E-state index contributed by atoms with van der Waals surface area (Å²) in [5.74, 6) is 0.812. The summed E-state index contributed by atoms with van der Waals surface area (Å²) in [6, 6.07) is 13.9. The molecule has 2 aromatic carbocycles. The SMILES string of the molecule is CNC1CCC1.CNCC1CCC1.CPO.Cc1cc(C)c2[nH]c(-c3ccc(F)cc3)cc2c1. The Labute approximate surface area is 207 Å². The van der Waals surface area contributed by atoms with Crippen molar-refractivity contribution >= 4 is 19.7 Å². The maximum absolute atomic E-state index is 12.9. The lowest BCUT2D eigenvalue weighted by atomic mass is 9.86. The molecule has 4 nitrogen and oxygen atoms in total. The highest BCUT2D eigenvalue weighted by Gasteiger charge is 2.15. The van der Waals surface area contributed by atoms with Crippen LogP contribution in [-0.2, 0) is 0 Å². The lowest BCUT2D eigenvalue weighted by Crippen LogP contribution is -2.31. The largest absolute Gasteiger partial charge is 0.377 e. The molecule has 1 atom stereocenters. The summed E-state index contributed by atoms with van der Waals surface area (Å²) in [4.78, 5) is 11.0. The second-order valence-electron chi connectivity index (χ2n) is 9.23. The molecule has 0 saturated heterocycles. The molecule has 2 aliphatic rings. The van der Waals surface area contributed by atoms with Crippen LogP contribution in [0.5, 0.6) is 0 Å². The van der Waals surface area contributed by atoms with Gasteiger partial charge in [-0.15, -0.1) is 0 Å². The number of fused-ring (bicyclic) bond motifs is 1. The summed E-state index contributed by atoms with van der Waals surface area (Å²) < 4.78 is 12.9. The van der Waals surface area contributed by atoms with Crippen molar-refractivity contribution in [2.24, 2.45) is 5.92 Å². The van der Waals surface area contributed by atoms with Crippen LogP contribution in [0.3, 0.4) is 0 Å². The number of rotatable bonds is 4. The molecule has 0 bridgehead atoms. The van der Waals surface area contributed by atoms with Crippen molar-refractivity contribution < 1.29 is 9.28 Å². The molecule has 2 aliphatic carbocycles. The molecule has 4 N–H and O–H groups in total. The average molecular weight is 488 g/mol. The average Bonchev–Trinajstić information content (AvgIpc) is 3.16. The second-order valence-corrected chi connectivity index (χ2v) is 9.68. The van der Waals surface area contributed by atoms with Crippen molar-refractivity contribution in [2.45, 2.75) is 58.4 Å². The molecule has 1 aromatic heterocycles. The zero-order chi connectivity index (χ0) is 24.9. The molecule has 0 spiro atoms. The topological polar surface area (TPSA) is 60.1 Å². The van der Waals surface area contributed by atoms with Gasteiger partial charge in [-0.3, -0.25) is 0 Å².